The number of carbonyl (C=O) groups excluding carboxylic acids is 1. The molecule has 0 spiro atoms. The third-order valence-electron chi connectivity index (χ3n) is 1.93. The highest BCUT2D eigenvalue weighted by Gasteiger charge is 2.15. The molecule has 0 saturated heterocycles. The number of rotatable bonds is 4. The van der Waals surface area contributed by atoms with E-state index in [0.29, 0.717) is 0 Å². The summed E-state index contributed by atoms with van der Waals surface area (Å²) in [6, 6.07) is 3.67. The molecule has 5 heteroatoms. The Bertz CT molecular complexity index is 361. The molecule has 0 aromatic heterocycles. The number of hydrogen-bond acceptors (Lipinski definition) is 3. The molecule has 1 rings (SSSR count). The zero-order valence-electron chi connectivity index (χ0n) is 8.74. The maximum Gasteiger partial charge on any atom is 0.308 e. The van der Waals surface area contributed by atoms with Crippen molar-refractivity contribution < 1.29 is 19.0 Å². The molecule has 1 atom stereocenters. The van der Waals surface area contributed by atoms with E-state index in [1.165, 1.54) is 6.07 Å². The summed E-state index contributed by atoms with van der Waals surface area (Å²) in [7, 11) is 0. The first kappa shape index (κ1) is 12.9. The largest absolute Gasteiger partial charge is 0.466 e. The first-order chi connectivity index (χ1) is 7.52. The molecule has 0 amide bonds. The lowest BCUT2D eigenvalue weighted by Gasteiger charge is -2.10. The van der Waals surface area contributed by atoms with Crippen LogP contribution in [0.1, 0.15) is 25.0 Å². The summed E-state index contributed by atoms with van der Waals surface area (Å²) in [4.78, 5) is 11.1. The molecule has 0 bridgehead atoms. The lowest BCUT2D eigenvalue weighted by atomic mass is 10.1. The summed E-state index contributed by atoms with van der Waals surface area (Å²) in [5.74, 6) is -1.08. The summed E-state index contributed by atoms with van der Waals surface area (Å²) in [6.45, 7) is 1.92. The van der Waals surface area contributed by atoms with Gasteiger partial charge in [-0.15, -0.1) is 0 Å². The Hall–Kier alpha value is -1.13. The topological polar surface area (TPSA) is 46.5 Å². The van der Waals surface area contributed by atoms with Crippen LogP contribution in [0.5, 0.6) is 0 Å². The number of hydrogen-bond donors (Lipinski definition) is 1. The van der Waals surface area contributed by atoms with Crippen molar-refractivity contribution in [1.82, 2.24) is 0 Å². The normalized spacial score (nSPS) is 12.2. The van der Waals surface area contributed by atoms with Gasteiger partial charge in [-0.25, -0.2) is 4.39 Å². The second-order valence-electron chi connectivity index (χ2n) is 3.23. The van der Waals surface area contributed by atoms with Gasteiger partial charge in [0.05, 0.1) is 19.1 Å². The average Bonchev–Trinajstić information content (AvgIpc) is 2.16. The minimum absolute atomic E-state index is 0.179. The van der Waals surface area contributed by atoms with Crippen LogP contribution in [-0.2, 0) is 9.53 Å². The average molecular weight is 247 g/mol. The van der Waals surface area contributed by atoms with E-state index in [1.807, 2.05) is 0 Å². The Kier molecular flexibility index (Phi) is 4.71. The van der Waals surface area contributed by atoms with Crippen LogP contribution in [-0.4, -0.2) is 17.7 Å². The third-order valence-corrected chi connectivity index (χ3v) is 2.15. The van der Waals surface area contributed by atoms with E-state index >= 15 is 0 Å². The number of benzene rings is 1. The molecule has 88 valence electrons. The van der Waals surface area contributed by atoms with E-state index in [0.717, 1.165) is 12.1 Å². The van der Waals surface area contributed by atoms with Gasteiger partial charge in [0, 0.05) is 5.02 Å². The van der Waals surface area contributed by atoms with Crippen LogP contribution < -0.4 is 0 Å². The third kappa shape index (κ3) is 3.79. The van der Waals surface area contributed by atoms with Crippen molar-refractivity contribution in [2.24, 2.45) is 0 Å². The van der Waals surface area contributed by atoms with E-state index in [4.69, 9.17) is 11.6 Å². The first-order valence-corrected chi connectivity index (χ1v) is 5.20. The van der Waals surface area contributed by atoms with Crippen molar-refractivity contribution >= 4 is 17.6 Å². The molecule has 1 aromatic rings. The van der Waals surface area contributed by atoms with Crippen molar-refractivity contribution in [2.75, 3.05) is 6.61 Å². The van der Waals surface area contributed by atoms with Crippen molar-refractivity contribution in [3.8, 4) is 0 Å². The van der Waals surface area contributed by atoms with E-state index < -0.39 is 17.9 Å². The van der Waals surface area contributed by atoms with Crippen LogP contribution in [0.25, 0.3) is 0 Å². The SMILES string of the molecule is CCOC(=O)CC(O)c1cc(F)cc(Cl)c1. The van der Waals surface area contributed by atoms with E-state index in [1.54, 1.807) is 6.92 Å². The molecule has 0 heterocycles. The highest BCUT2D eigenvalue weighted by atomic mass is 35.5. The number of esters is 1. The molecule has 0 aliphatic rings. The zero-order valence-corrected chi connectivity index (χ0v) is 9.50. The molecule has 0 saturated carbocycles. The lowest BCUT2D eigenvalue weighted by molar-refractivity contribution is -0.145. The van der Waals surface area contributed by atoms with Gasteiger partial charge in [-0.2, -0.15) is 0 Å². The molecule has 1 unspecified atom stereocenters. The standard InChI is InChI=1S/C11H12ClFO3/c1-2-16-11(15)6-10(14)7-3-8(12)5-9(13)4-7/h3-5,10,14H,2,6H2,1H3. The lowest BCUT2D eigenvalue weighted by Crippen LogP contribution is -2.10. The van der Waals surface area contributed by atoms with Crippen LogP contribution in [0.4, 0.5) is 4.39 Å². The van der Waals surface area contributed by atoms with Gasteiger partial charge < -0.3 is 9.84 Å². The molecule has 3 nitrogen and oxygen atoms in total. The molecule has 1 N–H and O–H groups in total. The second-order valence-corrected chi connectivity index (χ2v) is 3.66. The van der Waals surface area contributed by atoms with Crippen LogP contribution >= 0.6 is 11.6 Å². The summed E-state index contributed by atoms with van der Waals surface area (Å²) in [5, 5.41) is 9.82. The van der Waals surface area contributed by atoms with E-state index in [9.17, 15) is 14.3 Å². The molecule has 0 aliphatic heterocycles. The predicted octanol–water partition coefficient (Wildman–Crippen LogP) is 2.47. The monoisotopic (exact) mass is 246 g/mol. The Labute approximate surface area is 97.8 Å². The second kappa shape index (κ2) is 5.82. The fourth-order valence-corrected chi connectivity index (χ4v) is 1.49. The van der Waals surface area contributed by atoms with Crippen LogP contribution in [0, 0.1) is 5.82 Å². The van der Waals surface area contributed by atoms with E-state index in [-0.39, 0.29) is 23.6 Å². The summed E-state index contributed by atoms with van der Waals surface area (Å²) in [5.41, 5.74) is 0.262. The first-order valence-electron chi connectivity index (χ1n) is 4.82. The van der Waals surface area contributed by atoms with Gasteiger partial charge in [-0.05, 0) is 30.7 Å². The quantitative estimate of drug-likeness (QED) is 0.831. The van der Waals surface area contributed by atoms with Crippen molar-refractivity contribution in [1.29, 1.82) is 0 Å². The van der Waals surface area contributed by atoms with Gasteiger partial charge in [-0.3, -0.25) is 4.79 Å². The number of carbonyl (C=O) groups is 1. The number of aliphatic hydroxyl groups is 1. The predicted molar refractivity (Wildman–Crippen MR) is 57.6 cm³/mol. The summed E-state index contributed by atoms with van der Waals surface area (Å²) >= 11 is 5.62. The van der Waals surface area contributed by atoms with Crippen LogP contribution in [0.2, 0.25) is 5.02 Å². The van der Waals surface area contributed by atoms with E-state index in [2.05, 4.69) is 4.74 Å². The number of halogens is 2. The zero-order chi connectivity index (χ0) is 12.1. The van der Waals surface area contributed by atoms with Crippen molar-refractivity contribution in [2.45, 2.75) is 19.4 Å². The fraction of sp³-hybridized carbons (Fsp3) is 0.364. The molecule has 1 aromatic carbocycles. The number of ether oxygens (including phenoxy) is 1. The molecule has 0 fully saturated rings. The molecule has 16 heavy (non-hydrogen) atoms. The Morgan fingerprint density at radius 3 is 2.81 bits per heavy atom. The molecule has 0 radical (unpaired) electrons. The summed E-state index contributed by atoms with van der Waals surface area (Å²) in [6.07, 6.45) is -1.32. The van der Waals surface area contributed by atoms with Gasteiger partial charge in [0.2, 0.25) is 0 Å². The Morgan fingerprint density at radius 1 is 1.56 bits per heavy atom. The molecular weight excluding hydrogens is 235 g/mol. The van der Waals surface area contributed by atoms with Crippen LogP contribution in [0.15, 0.2) is 18.2 Å². The van der Waals surface area contributed by atoms with Gasteiger partial charge in [-0.1, -0.05) is 11.6 Å². The highest BCUT2D eigenvalue weighted by Crippen LogP contribution is 2.22. The minimum Gasteiger partial charge on any atom is -0.466 e. The van der Waals surface area contributed by atoms with Gasteiger partial charge in [0.25, 0.3) is 0 Å². The number of aliphatic hydroxyl groups excluding tert-OH is 1. The van der Waals surface area contributed by atoms with Gasteiger partial charge in [0.1, 0.15) is 5.82 Å². The smallest absolute Gasteiger partial charge is 0.308 e. The summed E-state index contributed by atoms with van der Waals surface area (Å²) < 4.78 is 17.6. The maximum absolute atomic E-state index is 13.0. The maximum atomic E-state index is 13.0. The Balaban J connectivity index is 2.72. The van der Waals surface area contributed by atoms with Gasteiger partial charge >= 0.3 is 5.97 Å². The highest BCUT2D eigenvalue weighted by molar-refractivity contribution is 6.30. The van der Waals surface area contributed by atoms with Gasteiger partial charge in [0.15, 0.2) is 0 Å². The molecular formula is C11H12ClFO3. The molecule has 0 aliphatic carbocycles. The fourth-order valence-electron chi connectivity index (χ4n) is 1.26. The van der Waals surface area contributed by atoms with Crippen LogP contribution in [0.3, 0.4) is 0 Å². The van der Waals surface area contributed by atoms with Crippen molar-refractivity contribution in [3.05, 3.63) is 34.6 Å². The minimum atomic E-state index is -1.10. The van der Waals surface area contributed by atoms with Crippen molar-refractivity contribution in [3.63, 3.8) is 0 Å². The Morgan fingerprint density at radius 2 is 2.25 bits per heavy atom.